The van der Waals surface area contributed by atoms with Gasteiger partial charge < -0.3 is 13.9 Å². The van der Waals surface area contributed by atoms with E-state index in [4.69, 9.17) is 13.9 Å². The first kappa shape index (κ1) is 27.6. The van der Waals surface area contributed by atoms with Crippen molar-refractivity contribution in [2.24, 2.45) is 5.92 Å². The van der Waals surface area contributed by atoms with Crippen molar-refractivity contribution in [2.75, 3.05) is 18.1 Å². The molecule has 1 atom stereocenters. The lowest BCUT2D eigenvalue weighted by molar-refractivity contribution is 0.0969. The number of benzene rings is 2. The van der Waals surface area contributed by atoms with Crippen LogP contribution >= 0.6 is 11.3 Å². The van der Waals surface area contributed by atoms with Crippen LogP contribution in [0.2, 0.25) is 0 Å². The Labute approximate surface area is 236 Å². The van der Waals surface area contributed by atoms with Gasteiger partial charge in [-0.3, -0.25) is 19.3 Å². The molecule has 0 fully saturated rings. The van der Waals surface area contributed by atoms with Gasteiger partial charge in [-0.15, -0.1) is 0 Å². The molecular weight excluding hydrogens is 528 g/mol. The van der Waals surface area contributed by atoms with Crippen molar-refractivity contribution in [3.05, 3.63) is 79.6 Å². The number of amides is 1. The van der Waals surface area contributed by atoms with E-state index in [1.165, 1.54) is 11.8 Å². The van der Waals surface area contributed by atoms with Gasteiger partial charge in [0.05, 0.1) is 40.8 Å². The highest BCUT2D eigenvalue weighted by molar-refractivity contribution is 7.17. The van der Waals surface area contributed by atoms with E-state index < -0.39 is 11.9 Å². The molecule has 1 aliphatic rings. The molecule has 0 spiro atoms. The second-order valence-corrected chi connectivity index (χ2v) is 11.4. The summed E-state index contributed by atoms with van der Waals surface area (Å²) in [6.07, 6.45) is 0.890. The van der Waals surface area contributed by atoms with Gasteiger partial charge in [-0.2, -0.15) is 0 Å². The summed E-state index contributed by atoms with van der Waals surface area (Å²) in [5.41, 5.74) is 2.36. The number of carbonyl (C=O) groups excluding carboxylic acids is 2. The number of fused-ring (bicyclic) bond motifs is 2. The van der Waals surface area contributed by atoms with Gasteiger partial charge in [0.15, 0.2) is 27.8 Å². The van der Waals surface area contributed by atoms with E-state index in [0.29, 0.717) is 62.9 Å². The normalized spacial score (nSPS) is 14.7. The number of carbonyl (C=O) groups is 2. The second-order valence-electron chi connectivity index (χ2n) is 10.4. The van der Waals surface area contributed by atoms with Gasteiger partial charge >= 0.3 is 0 Å². The zero-order valence-electron chi connectivity index (χ0n) is 23.5. The van der Waals surface area contributed by atoms with Crippen LogP contribution < -0.4 is 19.8 Å². The Kier molecular flexibility index (Phi) is 7.51. The van der Waals surface area contributed by atoms with Crippen molar-refractivity contribution in [3.8, 4) is 11.5 Å². The van der Waals surface area contributed by atoms with E-state index >= 15 is 0 Å². The number of anilines is 1. The van der Waals surface area contributed by atoms with Crippen LogP contribution in [0.5, 0.6) is 11.5 Å². The van der Waals surface area contributed by atoms with Crippen molar-refractivity contribution in [1.82, 2.24) is 4.98 Å². The molecule has 1 unspecified atom stereocenters. The number of hydrogen-bond donors (Lipinski definition) is 0. The molecule has 208 valence electrons. The predicted octanol–water partition coefficient (Wildman–Crippen LogP) is 6.64. The Hall–Kier alpha value is -3.98. The maximum Gasteiger partial charge on any atom is 0.297 e. The molecule has 5 rings (SSSR count). The molecule has 8 nitrogen and oxygen atoms in total. The summed E-state index contributed by atoms with van der Waals surface area (Å²) in [5, 5.41) is 0.718. The van der Waals surface area contributed by atoms with Crippen LogP contribution in [0, 0.1) is 19.8 Å². The molecule has 40 heavy (non-hydrogen) atoms. The van der Waals surface area contributed by atoms with Crippen LogP contribution in [0.15, 0.2) is 45.6 Å². The van der Waals surface area contributed by atoms with Crippen molar-refractivity contribution in [2.45, 2.75) is 54.0 Å². The van der Waals surface area contributed by atoms with Crippen molar-refractivity contribution >= 4 is 39.1 Å². The maximum absolute atomic E-state index is 14.0. The number of nitrogens with zero attached hydrogens (tertiary/aromatic N) is 2. The highest BCUT2D eigenvalue weighted by Gasteiger charge is 2.45. The van der Waals surface area contributed by atoms with Crippen LogP contribution in [0.4, 0.5) is 5.13 Å². The highest BCUT2D eigenvalue weighted by Crippen LogP contribution is 2.45. The van der Waals surface area contributed by atoms with Gasteiger partial charge in [0, 0.05) is 6.92 Å². The highest BCUT2D eigenvalue weighted by atomic mass is 32.1. The molecule has 3 heterocycles. The quantitative estimate of drug-likeness (QED) is 0.212. The minimum atomic E-state index is -0.835. The van der Waals surface area contributed by atoms with Gasteiger partial charge in [-0.1, -0.05) is 42.9 Å². The van der Waals surface area contributed by atoms with E-state index in [-0.39, 0.29) is 22.5 Å². The number of ketones is 1. The number of aryl methyl sites for hydroxylation is 2. The molecule has 1 aliphatic heterocycles. The van der Waals surface area contributed by atoms with E-state index in [1.54, 1.807) is 25.1 Å². The van der Waals surface area contributed by atoms with E-state index in [1.807, 2.05) is 32.0 Å². The van der Waals surface area contributed by atoms with Crippen molar-refractivity contribution < 1.29 is 23.5 Å². The minimum Gasteiger partial charge on any atom is -0.490 e. The molecule has 0 radical (unpaired) electrons. The fraction of sp³-hybridized carbons (Fsp3) is 0.355. The Morgan fingerprint density at radius 2 is 1.88 bits per heavy atom. The lowest BCUT2D eigenvalue weighted by atomic mass is 9.98. The standard InChI is InChI=1S/C31H32N2O6S/c1-7-37-24-15-20(9-11-23(24)38-13-12-16(2)3)26-25-27(35)21-14-17(4)8-10-22(21)39-28(25)30(36)33(26)31-32-18(5)29(40-31)19(6)34/h8-11,14-16,26H,7,12-13H2,1-6H3. The Balaban J connectivity index is 1.71. The summed E-state index contributed by atoms with van der Waals surface area (Å²) in [6.45, 7) is 12.2. The van der Waals surface area contributed by atoms with Gasteiger partial charge in [-0.25, -0.2) is 4.98 Å². The molecule has 0 bridgehead atoms. The summed E-state index contributed by atoms with van der Waals surface area (Å²) in [5.74, 6) is 0.943. The van der Waals surface area contributed by atoms with Gasteiger partial charge in [0.25, 0.3) is 5.91 Å². The number of hydrogen-bond acceptors (Lipinski definition) is 8. The summed E-state index contributed by atoms with van der Waals surface area (Å²) in [7, 11) is 0. The molecule has 1 amide bonds. The summed E-state index contributed by atoms with van der Waals surface area (Å²) >= 11 is 1.13. The number of Topliss-reactive ketones (excluding diaryl/α,β-unsaturated/α-hetero) is 1. The van der Waals surface area contributed by atoms with E-state index in [0.717, 1.165) is 23.3 Å². The van der Waals surface area contributed by atoms with Crippen LogP contribution in [-0.4, -0.2) is 29.9 Å². The van der Waals surface area contributed by atoms with Crippen LogP contribution in [-0.2, 0) is 0 Å². The van der Waals surface area contributed by atoms with Crippen molar-refractivity contribution in [1.29, 1.82) is 0 Å². The topological polar surface area (TPSA) is 98.9 Å². The summed E-state index contributed by atoms with van der Waals surface area (Å²) in [6, 6.07) is 9.92. The predicted molar refractivity (Wildman–Crippen MR) is 155 cm³/mol. The van der Waals surface area contributed by atoms with Crippen LogP contribution in [0.3, 0.4) is 0 Å². The first-order valence-corrected chi connectivity index (χ1v) is 14.2. The maximum atomic E-state index is 14.0. The summed E-state index contributed by atoms with van der Waals surface area (Å²) < 4.78 is 18.0. The molecular formula is C31H32N2O6S. The SMILES string of the molecule is CCOc1cc(C2c3c(oc4ccc(C)cc4c3=O)C(=O)N2c2nc(C)c(C(C)=O)s2)ccc1OCCC(C)C. The van der Waals surface area contributed by atoms with Crippen LogP contribution in [0.1, 0.15) is 82.8 Å². The molecule has 0 aliphatic carbocycles. The number of ether oxygens (including phenoxy) is 2. The molecule has 2 aromatic carbocycles. The third-order valence-electron chi connectivity index (χ3n) is 6.87. The molecule has 4 aromatic rings. The Morgan fingerprint density at radius 3 is 2.55 bits per heavy atom. The smallest absolute Gasteiger partial charge is 0.297 e. The number of aromatic nitrogens is 1. The van der Waals surface area contributed by atoms with Gasteiger partial charge in [-0.05, 0) is 62.9 Å². The third kappa shape index (κ3) is 4.90. The zero-order valence-corrected chi connectivity index (χ0v) is 24.3. The molecule has 2 aromatic heterocycles. The Bertz CT molecular complexity index is 1690. The molecule has 0 N–H and O–H groups in total. The molecule has 0 saturated heterocycles. The average Bonchev–Trinajstić information content (AvgIpc) is 3.43. The minimum absolute atomic E-state index is 0.0289. The molecule has 0 saturated carbocycles. The first-order chi connectivity index (χ1) is 19.1. The monoisotopic (exact) mass is 560 g/mol. The third-order valence-corrected chi connectivity index (χ3v) is 8.13. The second kappa shape index (κ2) is 10.9. The van der Waals surface area contributed by atoms with Crippen molar-refractivity contribution in [3.63, 3.8) is 0 Å². The average molecular weight is 561 g/mol. The van der Waals surface area contributed by atoms with Gasteiger partial charge in [0.2, 0.25) is 5.76 Å². The first-order valence-electron chi connectivity index (χ1n) is 13.4. The number of thiazole rings is 1. The van der Waals surface area contributed by atoms with E-state index in [2.05, 4.69) is 18.8 Å². The summed E-state index contributed by atoms with van der Waals surface area (Å²) in [4.78, 5) is 46.6. The van der Waals surface area contributed by atoms with E-state index in [9.17, 15) is 14.4 Å². The zero-order chi connectivity index (χ0) is 28.7. The largest absolute Gasteiger partial charge is 0.490 e. The van der Waals surface area contributed by atoms with Crippen LogP contribution in [0.25, 0.3) is 11.0 Å². The fourth-order valence-corrected chi connectivity index (χ4v) is 5.89. The lowest BCUT2D eigenvalue weighted by Crippen LogP contribution is -2.29. The Morgan fingerprint density at radius 1 is 1.10 bits per heavy atom. The molecule has 9 heteroatoms. The number of rotatable bonds is 9. The van der Waals surface area contributed by atoms with Gasteiger partial charge in [0.1, 0.15) is 5.58 Å². The lowest BCUT2D eigenvalue weighted by Gasteiger charge is -2.23. The fourth-order valence-electron chi connectivity index (χ4n) is 4.90.